The Morgan fingerprint density at radius 3 is 2.70 bits per heavy atom. The molecular weight excluding hydrogens is 273 g/mol. The zero-order valence-corrected chi connectivity index (χ0v) is 11.9. The van der Waals surface area contributed by atoms with Gasteiger partial charge in [0.2, 0.25) is 0 Å². The minimum absolute atomic E-state index is 0.0664. The topological polar surface area (TPSA) is 20.3 Å². The molecule has 0 aliphatic carbocycles. The van der Waals surface area contributed by atoms with Gasteiger partial charge < -0.3 is 4.90 Å². The SMILES string of the molecule is O=C(c1ccsc1)N1CCCC[C@@H]1c1ccc(F)cc1. The fraction of sp³-hybridized carbons (Fsp3) is 0.312. The van der Waals surface area contributed by atoms with E-state index in [-0.39, 0.29) is 17.8 Å². The molecule has 1 aliphatic heterocycles. The molecular formula is C16H16FNOS. The average molecular weight is 289 g/mol. The van der Waals surface area contributed by atoms with E-state index in [4.69, 9.17) is 0 Å². The van der Waals surface area contributed by atoms with Crippen LogP contribution in [0.3, 0.4) is 0 Å². The molecule has 2 aromatic rings. The molecule has 2 nitrogen and oxygen atoms in total. The Morgan fingerprint density at radius 1 is 1.20 bits per heavy atom. The smallest absolute Gasteiger partial charge is 0.255 e. The van der Waals surface area contributed by atoms with Crippen LogP contribution in [0.4, 0.5) is 4.39 Å². The first-order valence-corrected chi connectivity index (χ1v) is 7.78. The van der Waals surface area contributed by atoms with E-state index in [0.717, 1.165) is 36.9 Å². The van der Waals surface area contributed by atoms with Crippen molar-refractivity contribution in [3.05, 3.63) is 58.0 Å². The van der Waals surface area contributed by atoms with E-state index < -0.39 is 0 Å². The zero-order valence-electron chi connectivity index (χ0n) is 11.1. The predicted octanol–water partition coefficient (Wildman–Crippen LogP) is 4.25. The molecule has 1 fully saturated rings. The van der Waals surface area contributed by atoms with E-state index in [1.54, 1.807) is 12.1 Å². The lowest BCUT2D eigenvalue weighted by Crippen LogP contribution is -2.38. The molecule has 0 spiro atoms. The molecule has 1 aromatic heterocycles. The number of amides is 1. The third kappa shape index (κ3) is 2.61. The Kier molecular flexibility index (Phi) is 3.83. The highest BCUT2D eigenvalue weighted by atomic mass is 32.1. The molecule has 0 unspecified atom stereocenters. The van der Waals surface area contributed by atoms with Crippen LogP contribution in [0.1, 0.15) is 41.2 Å². The van der Waals surface area contributed by atoms with E-state index in [1.165, 1.54) is 23.5 Å². The van der Waals surface area contributed by atoms with Crippen molar-refractivity contribution in [2.45, 2.75) is 25.3 Å². The summed E-state index contributed by atoms with van der Waals surface area (Å²) in [7, 11) is 0. The maximum atomic E-state index is 13.1. The summed E-state index contributed by atoms with van der Waals surface area (Å²) in [4.78, 5) is 14.5. The van der Waals surface area contributed by atoms with Crippen molar-refractivity contribution in [3.8, 4) is 0 Å². The molecule has 1 amide bonds. The number of halogens is 1. The lowest BCUT2D eigenvalue weighted by molar-refractivity contribution is 0.0612. The van der Waals surface area contributed by atoms with Crippen LogP contribution in [-0.4, -0.2) is 17.4 Å². The lowest BCUT2D eigenvalue weighted by Gasteiger charge is -2.36. The van der Waals surface area contributed by atoms with Crippen LogP contribution in [0, 0.1) is 5.82 Å². The van der Waals surface area contributed by atoms with E-state index in [9.17, 15) is 9.18 Å². The molecule has 1 saturated heterocycles. The van der Waals surface area contributed by atoms with Crippen molar-refractivity contribution < 1.29 is 9.18 Å². The summed E-state index contributed by atoms with van der Waals surface area (Å²) in [6, 6.07) is 8.45. The molecule has 1 aliphatic rings. The Labute approximate surface area is 121 Å². The van der Waals surface area contributed by atoms with Crippen LogP contribution in [-0.2, 0) is 0 Å². The van der Waals surface area contributed by atoms with Gasteiger partial charge in [-0.25, -0.2) is 4.39 Å². The highest BCUT2D eigenvalue weighted by Gasteiger charge is 2.28. The second kappa shape index (κ2) is 5.75. The number of piperidine rings is 1. The van der Waals surface area contributed by atoms with Gasteiger partial charge in [-0.1, -0.05) is 12.1 Å². The maximum absolute atomic E-state index is 13.1. The van der Waals surface area contributed by atoms with Crippen LogP contribution in [0.2, 0.25) is 0 Å². The summed E-state index contributed by atoms with van der Waals surface area (Å²) in [6.07, 6.45) is 3.09. The fourth-order valence-electron chi connectivity index (χ4n) is 2.76. The number of rotatable bonds is 2. The maximum Gasteiger partial charge on any atom is 0.255 e. The van der Waals surface area contributed by atoms with Crippen LogP contribution in [0.25, 0.3) is 0 Å². The summed E-state index contributed by atoms with van der Waals surface area (Å²) >= 11 is 1.53. The molecule has 0 saturated carbocycles. The molecule has 104 valence electrons. The Morgan fingerprint density at radius 2 is 2.00 bits per heavy atom. The number of likely N-dealkylation sites (tertiary alicyclic amines) is 1. The highest BCUT2D eigenvalue weighted by molar-refractivity contribution is 7.08. The third-order valence-corrected chi connectivity index (χ3v) is 4.47. The van der Waals surface area contributed by atoms with Gasteiger partial charge in [0.25, 0.3) is 5.91 Å². The average Bonchev–Trinajstić information content (AvgIpc) is 3.02. The summed E-state index contributed by atoms with van der Waals surface area (Å²) in [6.45, 7) is 0.775. The molecule has 2 heterocycles. The van der Waals surface area contributed by atoms with Crippen molar-refractivity contribution >= 4 is 17.2 Å². The number of benzene rings is 1. The summed E-state index contributed by atoms with van der Waals surface area (Å²) in [5.74, 6) is -0.152. The largest absolute Gasteiger partial charge is 0.332 e. The Bertz CT molecular complexity index is 579. The number of thiophene rings is 1. The Balaban J connectivity index is 1.87. The van der Waals surface area contributed by atoms with Gasteiger partial charge in [0.05, 0.1) is 11.6 Å². The van der Waals surface area contributed by atoms with Crippen molar-refractivity contribution in [1.29, 1.82) is 0 Å². The number of nitrogens with zero attached hydrogens (tertiary/aromatic N) is 1. The molecule has 4 heteroatoms. The lowest BCUT2D eigenvalue weighted by atomic mass is 9.94. The predicted molar refractivity (Wildman–Crippen MR) is 78.3 cm³/mol. The fourth-order valence-corrected chi connectivity index (χ4v) is 3.39. The minimum Gasteiger partial charge on any atom is -0.332 e. The highest BCUT2D eigenvalue weighted by Crippen LogP contribution is 2.32. The molecule has 1 atom stereocenters. The van der Waals surface area contributed by atoms with Crippen LogP contribution in [0.15, 0.2) is 41.1 Å². The molecule has 20 heavy (non-hydrogen) atoms. The summed E-state index contributed by atoms with van der Waals surface area (Å²) in [5.41, 5.74) is 1.78. The second-order valence-corrected chi connectivity index (χ2v) is 5.85. The molecule has 1 aromatic carbocycles. The standard InChI is InChI=1S/C16H16FNOS/c17-14-6-4-12(5-7-14)15-3-1-2-9-18(15)16(19)13-8-10-20-11-13/h4-8,10-11,15H,1-3,9H2/t15-/m1/s1. The first kappa shape index (κ1) is 13.3. The monoisotopic (exact) mass is 289 g/mol. The molecule has 0 N–H and O–H groups in total. The summed E-state index contributed by atoms with van der Waals surface area (Å²) in [5, 5.41) is 3.81. The molecule has 3 rings (SSSR count). The normalized spacial score (nSPS) is 19.1. The van der Waals surface area contributed by atoms with Crippen molar-refractivity contribution in [3.63, 3.8) is 0 Å². The Hall–Kier alpha value is -1.68. The van der Waals surface area contributed by atoms with Gasteiger partial charge in [-0.2, -0.15) is 11.3 Å². The first-order chi connectivity index (χ1) is 9.75. The van der Waals surface area contributed by atoms with Crippen molar-refractivity contribution in [2.24, 2.45) is 0 Å². The van der Waals surface area contributed by atoms with Crippen molar-refractivity contribution in [1.82, 2.24) is 4.90 Å². The van der Waals surface area contributed by atoms with Gasteiger partial charge in [0, 0.05) is 11.9 Å². The quantitative estimate of drug-likeness (QED) is 0.809. The van der Waals surface area contributed by atoms with Gasteiger partial charge in [-0.3, -0.25) is 4.79 Å². The third-order valence-electron chi connectivity index (χ3n) is 3.79. The van der Waals surface area contributed by atoms with E-state index in [0.29, 0.717) is 0 Å². The molecule has 0 radical (unpaired) electrons. The van der Waals surface area contributed by atoms with E-state index in [2.05, 4.69) is 0 Å². The van der Waals surface area contributed by atoms with Gasteiger partial charge in [-0.15, -0.1) is 0 Å². The van der Waals surface area contributed by atoms with Crippen LogP contribution in [0.5, 0.6) is 0 Å². The van der Waals surface area contributed by atoms with Crippen LogP contribution < -0.4 is 0 Å². The first-order valence-electron chi connectivity index (χ1n) is 6.84. The zero-order chi connectivity index (χ0) is 13.9. The van der Waals surface area contributed by atoms with Gasteiger partial charge >= 0.3 is 0 Å². The number of carbonyl (C=O) groups is 1. The van der Waals surface area contributed by atoms with Gasteiger partial charge in [0.15, 0.2) is 0 Å². The number of hydrogen-bond acceptors (Lipinski definition) is 2. The van der Waals surface area contributed by atoms with Gasteiger partial charge in [0.1, 0.15) is 5.82 Å². The molecule has 0 bridgehead atoms. The minimum atomic E-state index is -0.236. The van der Waals surface area contributed by atoms with Crippen molar-refractivity contribution in [2.75, 3.05) is 6.54 Å². The van der Waals surface area contributed by atoms with Crippen LogP contribution >= 0.6 is 11.3 Å². The summed E-state index contributed by atoms with van der Waals surface area (Å²) < 4.78 is 13.1. The van der Waals surface area contributed by atoms with Gasteiger partial charge in [-0.05, 0) is 48.4 Å². The van der Waals surface area contributed by atoms with E-state index in [1.807, 2.05) is 21.7 Å². The number of carbonyl (C=O) groups excluding carboxylic acids is 1. The number of hydrogen-bond donors (Lipinski definition) is 0. The second-order valence-electron chi connectivity index (χ2n) is 5.07. The van der Waals surface area contributed by atoms with E-state index >= 15 is 0 Å².